The van der Waals surface area contributed by atoms with Crippen LogP contribution in [0.15, 0.2) is 24.1 Å². The predicted octanol–water partition coefficient (Wildman–Crippen LogP) is 2.44. The van der Waals surface area contributed by atoms with Crippen LogP contribution in [-0.4, -0.2) is 0 Å². The van der Waals surface area contributed by atoms with Gasteiger partial charge in [0.1, 0.15) is 0 Å². The molecule has 0 nitrogen and oxygen atoms in total. The van der Waals surface area contributed by atoms with Gasteiger partial charge in [-0.25, -0.2) is 4.39 Å². The molecule has 40 valence electrons. The van der Waals surface area contributed by atoms with Gasteiger partial charge in [0.05, 0.1) is 5.83 Å². The second-order valence-corrected chi connectivity index (χ2v) is 1.42. The second kappa shape index (κ2) is 2.56. The molecule has 0 aliphatic carbocycles. The Morgan fingerprint density at radius 1 is 1.57 bits per heavy atom. The van der Waals surface area contributed by atoms with Gasteiger partial charge in [-0.1, -0.05) is 12.7 Å². The molecule has 0 aromatic carbocycles. The van der Waals surface area contributed by atoms with Crippen LogP contribution < -0.4 is 0 Å². The molecule has 0 aromatic heterocycles. The SMILES string of the molecule is C=CC(C)=C(C)F. The molecule has 0 atom stereocenters. The van der Waals surface area contributed by atoms with E-state index in [1.165, 1.54) is 13.0 Å². The molecular weight excluding hydrogens is 91.1 g/mol. The van der Waals surface area contributed by atoms with Crippen molar-refractivity contribution in [1.82, 2.24) is 0 Å². The first-order valence-electron chi connectivity index (χ1n) is 2.14. The number of hydrogen-bond acceptors (Lipinski definition) is 0. The Morgan fingerprint density at radius 3 is 2.00 bits per heavy atom. The fourth-order valence-corrected chi connectivity index (χ4v) is 0.141. The minimum Gasteiger partial charge on any atom is -0.212 e. The molecule has 0 saturated carbocycles. The fraction of sp³-hybridized carbons (Fsp3) is 0.333. The van der Waals surface area contributed by atoms with E-state index in [1.807, 2.05) is 0 Å². The van der Waals surface area contributed by atoms with Gasteiger partial charge in [-0.15, -0.1) is 0 Å². The van der Waals surface area contributed by atoms with E-state index in [1.54, 1.807) is 6.92 Å². The summed E-state index contributed by atoms with van der Waals surface area (Å²) in [5.41, 5.74) is 0.611. The highest BCUT2D eigenvalue weighted by Gasteiger charge is 1.84. The van der Waals surface area contributed by atoms with Crippen LogP contribution in [0.2, 0.25) is 0 Å². The third kappa shape index (κ3) is 2.15. The molecule has 0 unspecified atom stereocenters. The Hall–Kier alpha value is -0.590. The lowest BCUT2D eigenvalue weighted by Gasteiger charge is -1.85. The molecule has 0 fully saturated rings. The molecule has 0 radical (unpaired) electrons. The van der Waals surface area contributed by atoms with Crippen LogP contribution in [-0.2, 0) is 0 Å². The Morgan fingerprint density at radius 2 is 2.00 bits per heavy atom. The summed E-state index contributed by atoms with van der Waals surface area (Å²) in [6.07, 6.45) is 1.50. The Labute approximate surface area is 43.4 Å². The van der Waals surface area contributed by atoms with Gasteiger partial charge in [-0.3, -0.25) is 0 Å². The van der Waals surface area contributed by atoms with Gasteiger partial charge in [-0.05, 0) is 19.4 Å². The molecule has 0 spiro atoms. The molecule has 0 rings (SSSR count). The van der Waals surface area contributed by atoms with Crippen molar-refractivity contribution in [2.24, 2.45) is 0 Å². The third-order valence-electron chi connectivity index (χ3n) is 0.850. The maximum Gasteiger partial charge on any atom is 0.0997 e. The third-order valence-corrected chi connectivity index (χ3v) is 0.850. The van der Waals surface area contributed by atoms with Crippen LogP contribution in [0.1, 0.15) is 13.8 Å². The number of hydrogen-bond donors (Lipinski definition) is 0. The maximum absolute atomic E-state index is 11.9. The average molecular weight is 100 g/mol. The van der Waals surface area contributed by atoms with Crippen LogP contribution >= 0.6 is 0 Å². The molecule has 1 heteroatoms. The van der Waals surface area contributed by atoms with E-state index >= 15 is 0 Å². The van der Waals surface area contributed by atoms with Crippen molar-refractivity contribution in [1.29, 1.82) is 0 Å². The van der Waals surface area contributed by atoms with E-state index in [4.69, 9.17) is 0 Å². The molecule has 0 bridgehead atoms. The summed E-state index contributed by atoms with van der Waals surface area (Å²) >= 11 is 0. The second-order valence-electron chi connectivity index (χ2n) is 1.42. The zero-order chi connectivity index (χ0) is 5.86. The molecule has 0 aliphatic rings. The summed E-state index contributed by atoms with van der Waals surface area (Å²) < 4.78 is 11.9. The zero-order valence-electron chi connectivity index (χ0n) is 4.66. The summed E-state index contributed by atoms with van der Waals surface area (Å²) in [6, 6.07) is 0. The van der Waals surface area contributed by atoms with Gasteiger partial charge in [0, 0.05) is 0 Å². The number of allylic oxidation sites excluding steroid dienone is 3. The fourth-order valence-electron chi connectivity index (χ4n) is 0.141. The van der Waals surface area contributed by atoms with Gasteiger partial charge in [-0.2, -0.15) is 0 Å². The summed E-state index contributed by atoms with van der Waals surface area (Å²) in [7, 11) is 0. The topological polar surface area (TPSA) is 0 Å². The summed E-state index contributed by atoms with van der Waals surface area (Å²) in [6.45, 7) is 6.48. The van der Waals surface area contributed by atoms with Crippen molar-refractivity contribution in [2.75, 3.05) is 0 Å². The van der Waals surface area contributed by atoms with Crippen molar-refractivity contribution < 1.29 is 4.39 Å². The lowest BCUT2D eigenvalue weighted by Crippen LogP contribution is -1.67. The van der Waals surface area contributed by atoms with Crippen LogP contribution in [0.25, 0.3) is 0 Å². The van der Waals surface area contributed by atoms with Gasteiger partial charge >= 0.3 is 0 Å². The van der Waals surface area contributed by atoms with Crippen LogP contribution in [0.4, 0.5) is 4.39 Å². The Kier molecular flexibility index (Phi) is 2.34. The highest BCUT2D eigenvalue weighted by molar-refractivity contribution is 5.15. The molecule has 0 amide bonds. The minimum absolute atomic E-state index is 0.157. The van der Waals surface area contributed by atoms with Crippen LogP contribution in [0.3, 0.4) is 0 Å². The van der Waals surface area contributed by atoms with Crippen LogP contribution in [0.5, 0.6) is 0 Å². The first kappa shape index (κ1) is 6.41. The quantitative estimate of drug-likeness (QED) is 0.444. The molecule has 0 aromatic rings. The molecule has 7 heavy (non-hydrogen) atoms. The molecule has 0 heterocycles. The normalized spacial score (nSPS) is 13.0. The largest absolute Gasteiger partial charge is 0.212 e. The maximum atomic E-state index is 11.9. The predicted molar refractivity (Wildman–Crippen MR) is 29.7 cm³/mol. The van der Waals surface area contributed by atoms with E-state index in [0.29, 0.717) is 5.57 Å². The van der Waals surface area contributed by atoms with Crippen molar-refractivity contribution >= 4 is 0 Å². The van der Waals surface area contributed by atoms with E-state index in [0.717, 1.165) is 0 Å². The first-order valence-corrected chi connectivity index (χ1v) is 2.14. The highest BCUT2D eigenvalue weighted by Crippen LogP contribution is 2.02. The molecular formula is C6H9F. The highest BCUT2D eigenvalue weighted by atomic mass is 19.1. The van der Waals surface area contributed by atoms with E-state index in [-0.39, 0.29) is 5.83 Å². The number of rotatable bonds is 1. The number of halogens is 1. The lowest BCUT2D eigenvalue weighted by atomic mass is 10.3. The Balaban J connectivity index is 3.98. The van der Waals surface area contributed by atoms with Gasteiger partial charge < -0.3 is 0 Å². The zero-order valence-corrected chi connectivity index (χ0v) is 4.66. The smallest absolute Gasteiger partial charge is 0.0997 e. The van der Waals surface area contributed by atoms with E-state index in [2.05, 4.69) is 6.58 Å². The lowest BCUT2D eigenvalue weighted by molar-refractivity contribution is 0.631. The minimum atomic E-state index is -0.157. The summed E-state index contributed by atoms with van der Waals surface area (Å²) in [4.78, 5) is 0. The van der Waals surface area contributed by atoms with Crippen molar-refractivity contribution in [3.8, 4) is 0 Å². The Bertz CT molecular complexity index is 96.7. The van der Waals surface area contributed by atoms with Crippen molar-refractivity contribution in [2.45, 2.75) is 13.8 Å². The molecule has 0 saturated heterocycles. The van der Waals surface area contributed by atoms with Crippen molar-refractivity contribution in [3.63, 3.8) is 0 Å². The monoisotopic (exact) mass is 100 g/mol. The average Bonchev–Trinajstić information content (AvgIpc) is 1.65. The molecule has 0 aliphatic heterocycles. The summed E-state index contributed by atoms with van der Waals surface area (Å²) in [5, 5.41) is 0. The van der Waals surface area contributed by atoms with Gasteiger partial charge in [0.25, 0.3) is 0 Å². The van der Waals surface area contributed by atoms with E-state index in [9.17, 15) is 4.39 Å². The van der Waals surface area contributed by atoms with Crippen LogP contribution in [0, 0.1) is 0 Å². The van der Waals surface area contributed by atoms with Gasteiger partial charge in [0.15, 0.2) is 0 Å². The first-order chi connectivity index (χ1) is 3.18. The van der Waals surface area contributed by atoms with E-state index < -0.39 is 0 Å². The standard InChI is InChI=1S/C6H9F/c1-4-5(2)6(3)7/h4H,1H2,2-3H3. The van der Waals surface area contributed by atoms with Gasteiger partial charge in [0.2, 0.25) is 0 Å². The van der Waals surface area contributed by atoms with Crippen molar-refractivity contribution in [3.05, 3.63) is 24.1 Å². The molecule has 0 N–H and O–H groups in total. The summed E-state index contributed by atoms with van der Waals surface area (Å²) in [5.74, 6) is -0.157.